The first kappa shape index (κ1) is 24.8. The van der Waals surface area contributed by atoms with Gasteiger partial charge in [0.2, 0.25) is 0 Å². The molecule has 154 valence electrons. The average molecular weight is 397 g/mol. The zero-order valence-corrected chi connectivity index (χ0v) is 16.4. The van der Waals surface area contributed by atoms with Gasteiger partial charge in [0.15, 0.2) is 0 Å². The molecule has 2 heterocycles. The highest BCUT2D eigenvalue weighted by molar-refractivity contribution is 7.90. The third-order valence-corrected chi connectivity index (χ3v) is 5.42. The fourth-order valence-corrected chi connectivity index (χ4v) is 4.39. The number of piperidine rings is 1. The number of carboxylic acid groups (broad SMARTS) is 2. The van der Waals surface area contributed by atoms with E-state index in [-0.39, 0.29) is 24.7 Å². The van der Waals surface area contributed by atoms with Crippen LogP contribution in [0.25, 0.3) is 0 Å². The lowest BCUT2D eigenvalue weighted by molar-refractivity contribution is -0.123. The van der Waals surface area contributed by atoms with Gasteiger partial charge in [0, 0.05) is 37.6 Å². The molecule has 3 N–H and O–H groups in total. The first-order chi connectivity index (χ1) is 12.3. The second kappa shape index (κ2) is 13.9. The number of carbonyl (C=O) groups is 2. The Balaban J connectivity index is 0.000000918. The van der Waals surface area contributed by atoms with E-state index in [4.69, 9.17) is 24.5 Å². The van der Waals surface area contributed by atoms with E-state index in [2.05, 4.69) is 10.2 Å². The number of hydrogen-bond acceptors (Lipinski definition) is 7. The Labute approximate surface area is 155 Å². The Hall–Kier alpha value is -1.23. The van der Waals surface area contributed by atoms with Crippen molar-refractivity contribution in [2.24, 2.45) is 0 Å². The molecule has 10 heteroatoms. The molecule has 2 rings (SSSR count). The average Bonchev–Trinajstić information content (AvgIpc) is 2.56. The topological polar surface area (TPSA) is 133 Å². The van der Waals surface area contributed by atoms with Crippen LogP contribution in [0.4, 0.5) is 0 Å². The maximum atomic E-state index is 11.3. The summed E-state index contributed by atoms with van der Waals surface area (Å²) < 4.78 is 28.0. The number of sulfone groups is 1. The van der Waals surface area contributed by atoms with E-state index in [0.29, 0.717) is 12.1 Å². The molecule has 2 aliphatic rings. The monoisotopic (exact) mass is 396 g/mol. The summed E-state index contributed by atoms with van der Waals surface area (Å²) in [5.41, 5.74) is 0. The maximum Gasteiger partial charge on any atom is 0.290 e. The van der Waals surface area contributed by atoms with E-state index in [1.54, 1.807) is 0 Å². The Morgan fingerprint density at radius 2 is 1.58 bits per heavy atom. The van der Waals surface area contributed by atoms with Crippen molar-refractivity contribution < 1.29 is 33.0 Å². The van der Waals surface area contributed by atoms with E-state index in [1.165, 1.54) is 6.26 Å². The molecule has 2 saturated heterocycles. The third-order valence-electron chi connectivity index (χ3n) is 4.31. The van der Waals surface area contributed by atoms with Crippen molar-refractivity contribution in [3.63, 3.8) is 0 Å². The van der Waals surface area contributed by atoms with E-state index in [1.807, 2.05) is 6.92 Å². The van der Waals surface area contributed by atoms with Crippen LogP contribution in [0.5, 0.6) is 0 Å². The molecule has 1 atom stereocenters. The highest BCUT2D eigenvalue weighted by Gasteiger charge is 2.27. The van der Waals surface area contributed by atoms with Gasteiger partial charge in [-0.1, -0.05) is 0 Å². The summed E-state index contributed by atoms with van der Waals surface area (Å²) in [5, 5.41) is 17.2. The largest absolute Gasteiger partial charge is 0.483 e. The summed E-state index contributed by atoms with van der Waals surface area (Å²) in [6, 6.07) is 1.20. The van der Waals surface area contributed by atoms with E-state index in [0.717, 1.165) is 52.0 Å². The van der Waals surface area contributed by atoms with Crippen molar-refractivity contribution in [3.05, 3.63) is 0 Å². The molecule has 0 aromatic heterocycles. The molecular formula is C16H32N2O7S. The van der Waals surface area contributed by atoms with Crippen LogP contribution < -0.4 is 5.32 Å². The molecule has 0 aromatic carbocycles. The van der Waals surface area contributed by atoms with Crippen LogP contribution >= 0.6 is 0 Å². The number of nitrogens with zero attached hydrogens (tertiary/aromatic N) is 1. The molecule has 0 aliphatic carbocycles. The van der Waals surface area contributed by atoms with Gasteiger partial charge in [0.1, 0.15) is 9.84 Å². The number of ether oxygens (including phenoxy) is 1. The summed E-state index contributed by atoms with van der Waals surface area (Å²) in [7, 11) is -2.89. The lowest BCUT2D eigenvalue weighted by Gasteiger charge is -2.40. The van der Waals surface area contributed by atoms with Gasteiger partial charge >= 0.3 is 0 Å². The highest BCUT2D eigenvalue weighted by Crippen LogP contribution is 2.20. The molecule has 26 heavy (non-hydrogen) atoms. The van der Waals surface area contributed by atoms with Crippen molar-refractivity contribution in [3.8, 4) is 0 Å². The van der Waals surface area contributed by atoms with E-state index >= 15 is 0 Å². The molecule has 0 radical (unpaired) electrons. The highest BCUT2D eigenvalue weighted by atomic mass is 32.2. The molecule has 1 unspecified atom stereocenters. The molecule has 2 fully saturated rings. The zero-order chi connectivity index (χ0) is 20.0. The number of nitrogens with one attached hydrogen (secondary N) is 1. The maximum absolute atomic E-state index is 11.3. The Kier molecular flexibility index (Phi) is 13.2. The predicted octanol–water partition coefficient (Wildman–Crippen LogP) is 0.0541. The van der Waals surface area contributed by atoms with Crippen LogP contribution in [0.15, 0.2) is 0 Å². The second-order valence-corrected chi connectivity index (χ2v) is 8.71. The number of hydrogen-bond donors (Lipinski definition) is 3. The smallest absolute Gasteiger partial charge is 0.290 e. The lowest BCUT2D eigenvalue weighted by Crippen LogP contribution is -2.50. The van der Waals surface area contributed by atoms with Crippen LogP contribution in [0.3, 0.4) is 0 Å². The van der Waals surface area contributed by atoms with E-state index < -0.39 is 9.84 Å². The number of rotatable bonds is 5. The van der Waals surface area contributed by atoms with Crippen LogP contribution in [0.1, 0.15) is 32.6 Å². The van der Waals surface area contributed by atoms with Gasteiger partial charge in [-0.15, -0.1) is 0 Å². The minimum Gasteiger partial charge on any atom is -0.483 e. The molecular weight excluding hydrogens is 364 g/mol. The third kappa shape index (κ3) is 12.2. The second-order valence-electron chi connectivity index (χ2n) is 6.52. The van der Waals surface area contributed by atoms with Crippen molar-refractivity contribution in [2.45, 2.75) is 50.7 Å². The van der Waals surface area contributed by atoms with Crippen LogP contribution in [0, 0.1) is 0 Å². The van der Waals surface area contributed by atoms with Crippen molar-refractivity contribution in [1.29, 1.82) is 0 Å². The first-order valence-electron chi connectivity index (χ1n) is 8.68. The van der Waals surface area contributed by atoms with Gasteiger partial charge in [-0.05, 0) is 45.7 Å². The zero-order valence-electron chi connectivity index (χ0n) is 15.5. The molecule has 0 aromatic rings. The van der Waals surface area contributed by atoms with Gasteiger partial charge in [-0.2, -0.15) is 0 Å². The summed E-state index contributed by atoms with van der Waals surface area (Å²) in [5.74, 6) is 0.229. The Bertz CT molecular complexity index is 467. The Morgan fingerprint density at radius 3 is 2.00 bits per heavy atom. The van der Waals surface area contributed by atoms with Gasteiger partial charge in [-0.25, -0.2) is 8.42 Å². The first-order valence-corrected chi connectivity index (χ1v) is 10.7. The van der Waals surface area contributed by atoms with Crippen molar-refractivity contribution in [2.75, 3.05) is 38.3 Å². The van der Waals surface area contributed by atoms with Crippen molar-refractivity contribution >= 4 is 22.8 Å². The molecule has 0 amide bonds. The molecule has 2 aliphatic heterocycles. The normalized spacial score (nSPS) is 20.7. The quantitative estimate of drug-likeness (QED) is 0.551. The van der Waals surface area contributed by atoms with Crippen LogP contribution in [-0.4, -0.2) is 92.9 Å². The van der Waals surface area contributed by atoms with Crippen LogP contribution in [0.2, 0.25) is 0 Å². The molecule has 0 spiro atoms. The SMILES string of the molecule is CC(CS(C)(=O)=O)NC1CCN(C2CCOCC2)CC1.O=CO.O=CO. The standard InChI is InChI=1S/C14H28N2O3S.2CH2O2/c1-12(11-20(2,17)18)15-13-3-7-16(8-4-13)14-5-9-19-10-6-14;2*2-1-3/h12-15H,3-11H2,1-2H3;2*1H,(H,2,3). The van der Waals surface area contributed by atoms with Gasteiger partial charge in [0.05, 0.1) is 5.75 Å². The van der Waals surface area contributed by atoms with Gasteiger partial charge < -0.3 is 25.2 Å². The summed E-state index contributed by atoms with van der Waals surface area (Å²) in [6.45, 7) is 5.50. The van der Waals surface area contributed by atoms with Gasteiger partial charge in [-0.3, -0.25) is 9.59 Å². The Morgan fingerprint density at radius 1 is 1.12 bits per heavy atom. The summed E-state index contributed by atoms with van der Waals surface area (Å²) in [6.07, 6.45) is 5.85. The fraction of sp³-hybridized carbons (Fsp3) is 0.875. The summed E-state index contributed by atoms with van der Waals surface area (Å²) >= 11 is 0. The van der Waals surface area contributed by atoms with Crippen LogP contribution in [-0.2, 0) is 24.2 Å². The van der Waals surface area contributed by atoms with E-state index in [9.17, 15) is 8.42 Å². The molecule has 0 bridgehead atoms. The van der Waals surface area contributed by atoms with Crippen molar-refractivity contribution in [1.82, 2.24) is 10.2 Å². The minimum atomic E-state index is -2.89. The minimum absolute atomic E-state index is 0.0460. The predicted molar refractivity (Wildman–Crippen MR) is 98.1 cm³/mol. The number of likely N-dealkylation sites (tertiary alicyclic amines) is 1. The fourth-order valence-electron chi connectivity index (χ4n) is 3.39. The summed E-state index contributed by atoms with van der Waals surface area (Å²) in [4.78, 5) is 19.3. The molecule has 0 saturated carbocycles. The molecule has 9 nitrogen and oxygen atoms in total. The van der Waals surface area contributed by atoms with Gasteiger partial charge in [0.25, 0.3) is 12.9 Å². The lowest BCUT2D eigenvalue weighted by atomic mass is 9.99.